The number of imidazole rings is 1. The van der Waals surface area contributed by atoms with Gasteiger partial charge in [0.1, 0.15) is 5.69 Å². The summed E-state index contributed by atoms with van der Waals surface area (Å²) < 4.78 is 18.0. The first-order valence-electron chi connectivity index (χ1n) is 11.2. The van der Waals surface area contributed by atoms with E-state index in [-0.39, 0.29) is 5.91 Å². The molecule has 0 radical (unpaired) electrons. The fourth-order valence-electron chi connectivity index (χ4n) is 3.67. The maximum absolute atomic E-state index is 12.3. The fraction of sp³-hybridized carbons (Fsp3) is 0.111. The van der Waals surface area contributed by atoms with E-state index >= 15 is 0 Å². The van der Waals surface area contributed by atoms with Gasteiger partial charge in [0.2, 0.25) is 5.82 Å². The van der Waals surface area contributed by atoms with Crippen LogP contribution in [-0.4, -0.2) is 39.8 Å². The fourth-order valence-corrected chi connectivity index (χ4v) is 3.67. The topological polar surface area (TPSA) is 104 Å². The lowest BCUT2D eigenvalue weighted by Gasteiger charge is -2.07. The third-order valence-electron chi connectivity index (χ3n) is 5.53. The molecule has 0 saturated heterocycles. The molecule has 9 heteroatoms. The molecular weight excluding hydrogens is 458 g/mol. The van der Waals surface area contributed by atoms with Crippen molar-refractivity contribution < 1.29 is 18.8 Å². The Morgan fingerprint density at radius 2 is 1.75 bits per heavy atom. The summed E-state index contributed by atoms with van der Waals surface area (Å²) in [6.45, 7) is 0.594. The highest BCUT2D eigenvalue weighted by atomic mass is 16.5. The number of anilines is 1. The lowest BCUT2D eigenvalue weighted by Crippen LogP contribution is -2.11. The van der Waals surface area contributed by atoms with Crippen LogP contribution in [0.3, 0.4) is 0 Å². The number of hydrogen-bond donors (Lipinski definition) is 1. The summed E-state index contributed by atoms with van der Waals surface area (Å²) in [5.41, 5.74) is 3.70. The number of carbonyl (C=O) groups is 1. The van der Waals surface area contributed by atoms with E-state index < -0.39 is 0 Å². The number of nitrogens with one attached hydrogen (secondary N) is 1. The molecule has 180 valence electrons. The van der Waals surface area contributed by atoms with Crippen LogP contribution in [0.2, 0.25) is 0 Å². The minimum Gasteiger partial charge on any atom is -0.493 e. The average molecular weight is 482 g/mol. The van der Waals surface area contributed by atoms with Gasteiger partial charge in [-0.05, 0) is 48.0 Å². The van der Waals surface area contributed by atoms with Gasteiger partial charge >= 0.3 is 0 Å². The molecule has 5 aromatic rings. The number of hydrogen-bond acceptors (Lipinski definition) is 7. The SMILES string of the molecule is COc1ccc(-c2noc(-c3cn(Cc4ccc(NC(=O)c5ccccc5)cc4)cn3)n2)cc1OC. The van der Waals surface area contributed by atoms with E-state index in [1.54, 1.807) is 44.8 Å². The Balaban J connectivity index is 1.25. The monoisotopic (exact) mass is 481 g/mol. The Morgan fingerprint density at radius 1 is 0.972 bits per heavy atom. The largest absolute Gasteiger partial charge is 0.493 e. The van der Waals surface area contributed by atoms with E-state index in [0.29, 0.717) is 41.0 Å². The lowest BCUT2D eigenvalue weighted by molar-refractivity contribution is 0.102. The second-order valence-corrected chi connectivity index (χ2v) is 7.94. The van der Waals surface area contributed by atoms with Crippen molar-refractivity contribution >= 4 is 11.6 Å². The predicted molar refractivity (Wildman–Crippen MR) is 134 cm³/mol. The molecular formula is C27H23N5O4. The van der Waals surface area contributed by atoms with Crippen LogP contribution in [0.1, 0.15) is 15.9 Å². The molecule has 0 unspecified atom stereocenters. The first-order chi connectivity index (χ1) is 17.6. The van der Waals surface area contributed by atoms with E-state index in [4.69, 9.17) is 14.0 Å². The highest BCUT2D eigenvalue weighted by molar-refractivity contribution is 6.04. The van der Waals surface area contributed by atoms with Crippen molar-refractivity contribution in [3.8, 4) is 34.5 Å². The maximum atomic E-state index is 12.3. The molecule has 0 fully saturated rings. The van der Waals surface area contributed by atoms with Gasteiger partial charge in [-0.15, -0.1) is 0 Å². The molecule has 1 amide bonds. The summed E-state index contributed by atoms with van der Waals surface area (Å²) in [6.07, 6.45) is 3.55. The number of rotatable bonds is 8. The molecule has 0 spiro atoms. The van der Waals surface area contributed by atoms with Crippen LogP contribution in [-0.2, 0) is 6.54 Å². The molecule has 3 aromatic carbocycles. The Hall–Kier alpha value is -4.92. The van der Waals surface area contributed by atoms with Crippen LogP contribution < -0.4 is 14.8 Å². The van der Waals surface area contributed by atoms with Crippen LogP contribution in [0.25, 0.3) is 23.0 Å². The smallest absolute Gasteiger partial charge is 0.278 e. The van der Waals surface area contributed by atoms with Gasteiger partial charge in [-0.1, -0.05) is 35.5 Å². The van der Waals surface area contributed by atoms with Crippen LogP contribution >= 0.6 is 0 Å². The van der Waals surface area contributed by atoms with E-state index in [1.165, 1.54) is 0 Å². The molecule has 9 nitrogen and oxygen atoms in total. The summed E-state index contributed by atoms with van der Waals surface area (Å²) in [6, 6.07) is 22.2. The lowest BCUT2D eigenvalue weighted by atomic mass is 10.2. The van der Waals surface area contributed by atoms with Crippen molar-refractivity contribution in [1.82, 2.24) is 19.7 Å². The number of ether oxygens (including phenoxy) is 2. The normalized spacial score (nSPS) is 10.7. The van der Waals surface area contributed by atoms with Crippen molar-refractivity contribution in [3.63, 3.8) is 0 Å². The Bertz CT molecular complexity index is 1480. The number of carbonyl (C=O) groups excluding carboxylic acids is 1. The van der Waals surface area contributed by atoms with Crippen LogP contribution in [0.15, 0.2) is 89.8 Å². The highest BCUT2D eigenvalue weighted by Gasteiger charge is 2.15. The van der Waals surface area contributed by atoms with E-state index in [9.17, 15) is 4.79 Å². The first kappa shape index (κ1) is 22.9. The highest BCUT2D eigenvalue weighted by Crippen LogP contribution is 2.31. The van der Waals surface area contributed by atoms with Gasteiger partial charge in [-0.3, -0.25) is 4.79 Å². The number of benzene rings is 3. The first-order valence-corrected chi connectivity index (χ1v) is 11.2. The molecule has 36 heavy (non-hydrogen) atoms. The van der Waals surface area contributed by atoms with Crippen LogP contribution in [0.4, 0.5) is 5.69 Å². The number of amides is 1. The predicted octanol–water partition coefficient (Wildman–Crippen LogP) is 4.92. The van der Waals surface area contributed by atoms with Gasteiger partial charge in [0.05, 0.1) is 20.5 Å². The maximum Gasteiger partial charge on any atom is 0.278 e. The van der Waals surface area contributed by atoms with E-state index in [0.717, 1.165) is 16.8 Å². The second-order valence-electron chi connectivity index (χ2n) is 7.94. The van der Waals surface area contributed by atoms with Crippen LogP contribution in [0, 0.1) is 0 Å². The quantitative estimate of drug-likeness (QED) is 0.335. The van der Waals surface area contributed by atoms with Gasteiger partial charge in [-0.25, -0.2) is 4.98 Å². The zero-order valence-electron chi connectivity index (χ0n) is 19.7. The third kappa shape index (κ3) is 4.95. The van der Waals surface area contributed by atoms with E-state index in [1.807, 2.05) is 59.3 Å². The average Bonchev–Trinajstić information content (AvgIpc) is 3.60. The summed E-state index contributed by atoms with van der Waals surface area (Å²) in [5.74, 6) is 1.80. The minimum absolute atomic E-state index is 0.144. The van der Waals surface area contributed by atoms with Crippen LogP contribution in [0.5, 0.6) is 11.5 Å². The molecule has 0 aliphatic rings. The molecule has 0 saturated carbocycles. The number of methoxy groups -OCH3 is 2. The Labute approximate surface area is 207 Å². The summed E-state index contributed by atoms with van der Waals surface area (Å²) in [7, 11) is 3.16. The number of aromatic nitrogens is 4. The Kier molecular flexibility index (Phi) is 6.44. The molecule has 5 rings (SSSR count). The standard InChI is InChI=1S/C27H23N5O4/c1-34-23-13-10-20(14-24(23)35-2)25-30-27(36-31-25)22-16-32(17-28-22)15-18-8-11-21(12-9-18)29-26(33)19-6-4-3-5-7-19/h3-14,16-17H,15H2,1-2H3,(H,29,33). The van der Waals surface area contributed by atoms with Gasteiger partial charge in [0, 0.05) is 29.6 Å². The number of nitrogens with zero attached hydrogens (tertiary/aromatic N) is 4. The molecule has 0 aliphatic carbocycles. The van der Waals surface area contributed by atoms with Crippen molar-refractivity contribution in [2.45, 2.75) is 6.54 Å². The zero-order valence-corrected chi connectivity index (χ0v) is 19.7. The molecule has 0 aliphatic heterocycles. The molecule has 1 N–H and O–H groups in total. The third-order valence-corrected chi connectivity index (χ3v) is 5.53. The Morgan fingerprint density at radius 3 is 2.50 bits per heavy atom. The van der Waals surface area contributed by atoms with Crippen molar-refractivity contribution in [2.24, 2.45) is 0 Å². The zero-order chi connectivity index (χ0) is 24.9. The summed E-state index contributed by atoms with van der Waals surface area (Å²) in [5, 5.41) is 6.98. The van der Waals surface area contributed by atoms with Crippen molar-refractivity contribution in [3.05, 3.63) is 96.4 Å². The van der Waals surface area contributed by atoms with Crippen molar-refractivity contribution in [1.29, 1.82) is 0 Å². The molecule has 0 atom stereocenters. The van der Waals surface area contributed by atoms with Gasteiger partial charge in [-0.2, -0.15) is 4.98 Å². The second kappa shape index (κ2) is 10.1. The van der Waals surface area contributed by atoms with Gasteiger partial charge < -0.3 is 23.9 Å². The van der Waals surface area contributed by atoms with Gasteiger partial charge in [0.25, 0.3) is 11.8 Å². The summed E-state index contributed by atoms with van der Waals surface area (Å²) >= 11 is 0. The van der Waals surface area contributed by atoms with Crippen molar-refractivity contribution in [2.75, 3.05) is 19.5 Å². The van der Waals surface area contributed by atoms with Gasteiger partial charge in [0.15, 0.2) is 11.5 Å². The minimum atomic E-state index is -0.144. The molecule has 2 aromatic heterocycles. The molecule has 0 bridgehead atoms. The van der Waals surface area contributed by atoms with E-state index in [2.05, 4.69) is 20.4 Å². The molecule has 2 heterocycles. The summed E-state index contributed by atoms with van der Waals surface area (Å²) in [4.78, 5) is 21.2.